The molecule has 10 nitrogen and oxygen atoms in total. The van der Waals surface area contributed by atoms with Gasteiger partial charge in [0.2, 0.25) is 0 Å². The molecule has 120 valence electrons. The van der Waals surface area contributed by atoms with Gasteiger partial charge in [0.25, 0.3) is 11.9 Å². The second-order valence-electron chi connectivity index (χ2n) is 4.74. The molecule has 24 heavy (non-hydrogen) atoms. The second-order valence-corrected chi connectivity index (χ2v) is 4.74. The SMILES string of the molecule is Cn1cnc(N2C=CC=C(Nc3ccnnc3C(N)=O)C2=C=O)n1. The van der Waals surface area contributed by atoms with Crippen LogP contribution in [0.1, 0.15) is 10.5 Å². The number of nitrogens with zero attached hydrogens (tertiary/aromatic N) is 6. The average Bonchev–Trinajstić information content (AvgIpc) is 3.01. The molecule has 10 heteroatoms. The summed E-state index contributed by atoms with van der Waals surface area (Å²) in [5.41, 5.74) is 6.09. The first-order valence-electron chi connectivity index (χ1n) is 6.77. The first-order valence-corrected chi connectivity index (χ1v) is 6.77. The summed E-state index contributed by atoms with van der Waals surface area (Å²) in [7, 11) is 1.71. The Balaban J connectivity index is 1.94. The van der Waals surface area contributed by atoms with Crippen LogP contribution in [0.15, 0.2) is 48.3 Å². The van der Waals surface area contributed by atoms with Gasteiger partial charge in [0.1, 0.15) is 6.33 Å². The van der Waals surface area contributed by atoms with Crippen molar-refractivity contribution in [2.75, 3.05) is 10.2 Å². The van der Waals surface area contributed by atoms with Crippen molar-refractivity contribution >= 4 is 23.5 Å². The van der Waals surface area contributed by atoms with E-state index in [1.165, 1.54) is 28.2 Å². The van der Waals surface area contributed by atoms with E-state index < -0.39 is 5.91 Å². The molecule has 0 atom stereocenters. The van der Waals surface area contributed by atoms with E-state index in [1.54, 1.807) is 25.4 Å². The lowest BCUT2D eigenvalue weighted by molar-refractivity contribution is 0.0995. The minimum absolute atomic E-state index is 0.0410. The molecule has 1 amide bonds. The Bertz CT molecular complexity index is 907. The number of allylic oxidation sites excluding steroid dienone is 2. The van der Waals surface area contributed by atoms with Crippen LogP contribution in [0.25, 0.3) is 0 Å². The fourth-order valence-corrected chi connectivity index (χ4v) is 2.08. The molecule has 0 saturated heterocycles. The fraction of sp³-hybridized carbons (Fsp3) is 0.0714. The Kier molecular flexibility index (Phi) is 3.87. The van der Waals surface area contributed by atoms with E-state index >= 15 is 0 Å². The highest BCUT2D eigenvalue weighted by Gasteiger charge is 2.22. The molecule has 3 heterocycles. The molecule has 0 radical (unpaired) electrons. The molecular weight excluding hydrogens is 312 g/mol. The molecule has 2 aromatic heterocycles. The molecule has 0 aliphatic carbocycles. The highest BCUT2D eigenvalue weighted by molar-refractivity contribution is 5.96. The molecule has 1 aliphatic heterocycles. The molecule has 1 aliphatic rings. The van der Waals surface area contributed by atoms with Crippen molar-refractivity contribution in [3.8, 4) is 0 Å². The lowest BCUT2D eigenvalue weighted by Crippen LogP contribution is -2.25. The van der Waals surface area contributed by atoms with Crippen molar-refractivity contribution in [3.05, 3.63) is 54.0 Å². The first-order chi connectivity index (χ1) is 11.6. The van der Waals surface area contributed by atoms with E-state index in [-0.39, 0.29) is 11.4 Å². The van der Waals surface area contributed by atoms with Gasteiger partial charge in [0.15, 0.2) is 17.3 Å². The lowest BCUT2D eigenvalue weighted by atomic mass is 10.2. The Hall–Kier alpha value is -3.78. The minimum Gasteiger partial charge on any atom is -0.364 e. The largest absolute Gasteiger partial charge is 0.364 e. The number of anilines is 2. The molecular formula is C14H12N8O2. The minimum atomic E-state index is -0.738. The van der Waals surface area contributed by atoms with Crippen molar-refractivity contribution in [3.63, 3.8) is 0 Å². The average molecular weight is 324 g/mol. The van der Waals surface area contributed by atoms with Gasteiger partial charge >= 0.3 is 0 Å². The lowest BCUT2D eigenvalue weighted by Gasteiger charge is -2.23. The summed E-state index contributed by atoms with van der Waals surface area (Å²) < 4.78 is 1.51. The Morgan fingerprint density at radius 3 is 2.92 bits per heavy atom. The number of carbonyl (C=O) groups is 1. The number of primary amides is 1. The van der Waals surface area contributed by atoms with Crippen LogP contribution < -0.4 is 16.0 Å². The molecule has 0 fully saturated rings. The number of nitrogens with two attached hydrogens (primary N) is 1. The molecule has 3 N–H and O–H groups in total. The maximum Gasteiger partial charge on any atom is 0.271 e. The third-order valence-corrected chi connectivity index (χ3v) is 3.12. The summed E-state index contributed by atoms with van der Waals surface area (Å²) in [6, 6.07) is 1.53. The van der Waals surface area contributed by atoms with Gasteiger partial charge in [-0.25, -0.2) is 4.79 Å². The Morgan fingerprint density at radius 2 is 2.25 bits per heavy atom. The van der Waals surface area contributed by atoms with Gasteiger partial charge in [-0.3, -0.25) is 14.4 Å². The van der Waals surface area contributed by atoms with Gasteiger partial charge < -0.3 is 11.1 Å². The van der Waals surface area contributed by atoms with Crippen LogP contribution in [-0.2, 0) is 11.8 Å². The van der Waals surface area contributed by atoms with Crippen LogP contribution in [0.5, 0.6) is 0 Å². The van der Waals surface area contributed by atoms with Crippen LogP contribution in [0.4, 0.5) is 11.6 Å². The second kappa shape index (κ2) is 6.15. The van der Waals surface area contributed by atoms with E-state index in [9.17, 15) is 9.59 Å². The molecule has 0 bridgehead atoms. The zero-order valence-corrected chi connectivity index (χ0v) is 12.5. The quantitative estimate of drug-likeness (QED) is 0.736. The van der Waals surface area contributed by atoms with Crippen molar-refractivity contribution in [1.82, 2.24) is 25.0 Å². The third kappa shape index (κ3) is 2.76. The number of rotatable bonds is 4. The van der Waals surface area contributed by atoms with Crippen molar-refractivity contribution in [1.29, 1.82) is 0 Å². The number of carbonyl (C=O) groups excluding carboxylic acids is 2. The van der Waals surface area contributed by atoms with E-state index in [1.807, 2.05) is 5.94 Å². The number of nitrogens with one attached hydrogen (secondary N) is 1. The Morgan fingerprint density at radius 1 is 1.42 bits per heavy atom. The predicted molar refractivity (Wildman–Crippen MR) is 84.1 cm³/mol. The van der Waals surface area contributed by atoms with Gasteiger partial charge in [-0.15, -0.1) is 10.2 Å². The molecule has 3 rings (SSSR count). The summed E-state index contributed by atoms with van der Waals surface area (Å²) in [5, 5.41) is 14.4. The number of aromatic nitrogens is 5. The number of hydrogen-bond donors (Lipinski definition) is 2. The van der Waals surface area contributed by atoms with Crippen LogP contribution in [-0.4, -0.2) is 36.8 Å². The molecule has 0 unspecified atom stereocenters. The van der Waals surface area contributed by atoms with E-state index in [0.29, 0.717) is 17.3 Å². The van der Waals surface area contributed by atoms with Crippen LogP contribution in [0, 0.1) is 0 Å². The van der Waals surface area contributed by atoms with E-state index in [0.717, 1.165) is 0 Å². The monoisotopic (exact) mass is 324 g/mol. The zero-order chi connectivity index (χ0) is 17.1. The maximum atomic E-state index is 11.5. The van der Waals surface area contributed by atoms with Crippen molar-refractivity contribution < 1.29 is 9.59 Å². The number of hydrogen-bond acceptors (Lipinski definition) is 8. The highest BCUT2D eigenvalue weighted by atomic mass is 16.1. The van der Waals surface area contributed by atoms with Gasteiger partial charge in [0.05, 0.1) is 17.6 Å². The summed E-state index contributed by atoms with van der Waals surface area (Å²) >= 11 is 0. The van der Waals surface area contributed by atoms with Gasteiger partial charge in [0, 0.05) is 13.2 Å². The van der Waals surface area contributed by atoms with Crippen LogP contribution >= 0.6 is 0 Å². The van der Waals surface area contributed by atoms with E-state index in [2.05, 4.69) is 25.6 Å². The molecule has 0 spiro atoms. The molecule has 0 aromatic carbocycles. The number of amides is 1. The van der Waals surface area contributed by atoms with Crippen molar-refractivity contribution in [2.24, 2.45) is 12.8 Å². The normalized spacial score (nSPS) is 13.5. The third-order valence-electron chi connectivity index (χ3n) is 3.12. The molecule has 2 aromatic rings. The summed E-state index contributed by atoms with van der Waals surface area (Å²) in [6.45, 7) is 0. The standard InChI is InChI=1S/C14H12N8O2/c1-21-8-16-14(20-21)22-6-2-3-9(11(22)7-23)18-10-4-5-17-19-12(10)13(15)24/h2-6,8H,1H3,(H2,15,24)(H,17,18). The predicted octanol–water partition coefficient (Wildman–Crippen LogP) is -0.251. The van der Waals surface area contributed by atoms with Crippen molar-refractivity contribution in [2.45, 2.75) is 0 Å². The maximum absolute atomic E-state index is 11.5. The number of aryl methyl sites for hydroxylation is 1. The fourth-order valence-electron chi connectivity index (χ4n) is 2.08. The van der Waals surface area contributed by atoms with Gasteiger partial charge in [-0.05, 0) is 18.2 Å². The zero-order valence-electron chi connectivity index (χ0n) is 12.5. The topological polar surface area (TPSA) is 132 Å². The van der Waals surface area contributed by atoms with Gasteiger partial charge in [-0.1, -0.05) is 0 Å². The summed E-state index contributed by atoms with van der Waals surface area (Å²) in [5.74, 6) is 1.42. The van der Waals surface area contributed by atoms with E-state index in [4.69, 9.17) is 5.73 Å². The Labute approximate surface area is 136 Å². The van der Waals surface area contributed by atoms with Gasteiger partial charge in [-0.2, -0.15) is 10.1 Å². The highest BCUT2D eigenvalue weighted by Crippen LogP contribution is 2.25. The summed E-state index contributed by atoms with van der Waals surface area (Å²) in [4.78, 5) is 28.5. The van der Waals surface area contributed by atoms with Crippen LogP contribution in [0.3, 0.4) is 0 Å². The summed E-state index contributed by atoms with van der Waals surface area (Å²) in [6.07, 6.45) is 7.87. The first kappa shape index (κ1) is 15.1. The molecule has 0 saturated carbocycles. The smallest absolute Gasteiger partial charge is 0.271 e. The van der Waals surface area contributed by atoms with Crippen LogP contribution in [0.2, 0.25) is 0 Å².